The van der Waals surface area contributed by atoms with Crippen LogP contribution in [0.4, 0.5) is 5.69 Å². The maximum absolute atomic E-state index is 12.2. The fourth-order valence-corrected chi connectivity index (χ4v) is 2.26. The van der Waals surface area contributed by atoms with Crippen LogP contribution < -0.4 is 5.32 Å². The molecule has 0 saturated carbocycles. The third-order valence-corrected chi connectivity index (χ3v) is 3.39. The quantitative estimate of drug-likeness (QED) is 0.847. The molecule has 7 nitrogen and oxygen atoms in total. The Kier molecular flexibility index (Phi) is 4.88. The van der Waals surface area contributed by atoms with Crippen LogP contribution in [0.15, 0.2) is 24.4 Å². The molecule has 0 unspecified atom stereocenters. The van der Waals surface area contributed by atoms with Crippen molar-refractivity contribution in [2.24, 2.45) is 0 Å². The third-order valence-electron chi connectivity index (χ3n) is 3.39. The van der Waals surface area contributed by atoms with Crippen molar-refractivity contribution in [3.63, 3.8) is 0 Å². The summed E-state index contributed by atoms with van der Waals surface area (Å²) >= 11 is 0. The molecular formula is C15H18N4O3. The molecule has 0 radical (unpaired) electrons. The Morgan fingerprint density at radius 2 is 1.86 bits per heavy atom. The van der Waals surface area contributed by atoms with Crippen molar-refractivity contribution in [2.75, 3.05) is 5.32 Å². The number of amides is 1. The maximum atomic E-state index is 12.2. The normalized spacial score (nSPS) is 10.5. The van der Waals surface area contributed by atoms with Gasteiger partial charge in [-0.3, -0.25) is 4.79 Å². The van der Waals surface area contributed by atoms with Crippen LogP contribution >= 0.6 is 0 Å². The first-order valence-corrected chi connectivity index (χ1v) is 7.09. The van der Waals surface area contributed by atoms with Gasteiger partial charge >= 0.3 is 5.97 Å². The third kappa shape index (κ3) is 3.30. The van der Waals surface area contributed by atoms with E-state index in [0.717, 1.165) is 40.5 Å². The van der Waals surface area contributed by atoms with Gasteiger partial charge in [0.15, 0.2) is 5.69 Å². The van der Waals surface area contributed by atoms with E-state index < -0.39 is 5.97 Å². The summed E-state index contributed by atoms with van der Waals surface area (Å²) in [6, 6.07) is 5.90. The van der Waals surface area contributed by atoms with Gasteiger partial charge in [0.2, 0.25) is 5.91 Å². The topological polar surface area (TPSA) is 97.1 Å². The Balaban J connectivity index is 2.19. The van der Waals surface area contributed by atoms with Gasteiger partial charge < -0.3 is 10.4 Å². The van der Waals surface area contributed by atoms with Crippen molar-refractivity contribution in [1.82, 2.24) is 15.0 Å². The lowest BCUT2D eigenvalue weighted by molar-refractivity contribution is -0.116. The van der Waals surface area contributed by atoms with Crippen LogP contribution in [0.1, 0.15) is 35.5 Å². The highest BCUT2D eigenvalue weighted by molar-refractivity contribution is 5.93. The van der Waals surface area contributed by atoms with E-state index >= 15 is 0 Å². The number of carbonyl (C=O) groups excluding carboxylic acids is 1. The lowest BCUT2D eigenvalue weighted by Crippen LogP contribution is -2.23. The van der Waals surface area contributed by atoms with Gasteiger partial charge in [0.25, 0.3) is 0 Å². The van der Waals surface area contributed by atoms with Crippen molar-refractivity contribution < 1.29 is 14.7 Å². The Bertz CT molecular complexity index is 672. The fourth-order valence-electron chi connectivity index (χ4n) is 2.26. The number of nitrogens with zero attached hydrogens (tertiary/aromatic N) is 3. The largest absolute Gasteiger partial charge is 0.476 e. The van der Waals surface area contributed by atoms with Crippen LogP contribution in [-0.4, -0.2) is 32.0 Å². The molecule has 0 aliphatic rings. The molecule has 0 aliphatic heterocycles. The predicted octanol–water partition coefficient (Wildman–Crippen LogP) is 1.74. The van der Waals surface area contributed by atoms with E-state index in [4.69, 9.17) is 5.11 Å². The minimum atomic E-state index is -1.17. The predicted molar refractivity (Wildman–Crippen MR) is 80.8 cm³/mol. The van der Waals surface area contributed by atoms with Crippen molar-refractivity contribution in [1.29, 1.82) is 0 Å². The lowest BCUT2D eigenvalue weighted by Gasteiger charge is -2.14. The summed E-state index contributed by atoms with van der Waals surface area (Å²) < 4.78 is 1.07. The number of carboxylic acids is 1. The number of aryl methyl sites for hydroxylation is 2. The van der Waals surface area contributed by atoms with Gasteiger partial charge in [-0.15, -0.1) is 5.10 Å². The van der Waals surface area contributed by atoms with E-state index in [9.17, 15) is 9.59 Å². The number of carbonyl (C=O) groups is 2. The number of anilines is 1. The number of aromatic carboxylic acids is 1. The summed E-state index contributed by atoms with van der Waals surface area (Å²) in [6.45, 7) is 3.84. The Labute approximate surface area is 128 Å². The zero-order valence-electron chi connectivity index (χ0n) is 12.5. The first-order chi connectivity index (χ1) is 10.6. The zero-order valence-corrected chi connectivity index (χ0v) is 12.5. The molecule has 2 aromatic rings. The number of hydrogen-bond donors (Lipinski definition) is 2. The molecule has 0 saturated heterocycles. The second kappa shape index (κ2) is 6.84. The Hall–Kier alpha value is -2.70. The molecule has 2 N–H and O–H groups in total. The summed E-state index contributed by atoms with van der Waals surface area (Å²) in [7, 11) is 0. The van der Waals surface area contributed by atoms with Crippen molar-refractivity contribution in [3.8, 4) is 0 Å². The average molecular weight is 302 g/mol. The van der Waals surface area contributed by atoms with Crippen LogP contribution in [0, 0.1) is 0 Å². The minimum Gasteiger partial charge on any atom is -0.476 e. The number of para-hydroxylation sites is 1. The van der Waals surface area contributed by atoms with Gasteiger partial charge in [-0.1, -0.05) is 37.3 Å². The van der Waals surface area contributed by atoms with Gasteiger partial charge in [-0.25, -0.2) is 9.48 Å². The number of hydrogen-bond acceptors (Lipinski definition) is 4. The summed E-state index contributed by atoms with van der Waals surface area (Å²) in [5.74, 6) is -1.50. The van der Waals surface area contributed by atoms with Crippen LogP contribution in [0.25, 0.3) is 0 Å². The molecule has 0 bridgehead atoms. The molecule has 116 valence electrons. The van der Waals surface area contributed by atoms with E-state index in [1.165, 1.54) is 0 Å². The molecule has 0 fully saturated rings. The van der Waals surface area contributed by atoms with E-state index in [0.29, 0.717) is 0 Å². The molecule has 1 aromatic carbocycles. The SMILES string of the molecule is CCc1cccc(CC)c1NC(=O)Cn1nncc1C(=O)O. The smallest absolute Gasteiger partial charge is 0.355 e. The number of carboxylic acid groups (broad SMARTS) is 1. The van der Waals surface area contributed by atoms with Crippen LogP contribution in [0.2, 0.25) is 0 Å². The van der Waals surface area contributed by atoms with Gasteiger partial charge in [0.05, 0.1) is 6.20 Å². The van der Waals surface area contributed by atoms with Gasteiger partial charge in [0.1, 0.15) is 6.54 Å². The van der Waals surface area contributed by atoms with Crippen LogP contribution in [0.5, 0.6) is 0 Å². The monoisotopic (exact) mass is 302 g/mol. The van der Waals surface area contributed by atoms with E-state index in [1.807, 2.05) is 32.0 Å². The summed E-state index contributed by atoms with van der Waals surface area (Å²) in [4.78, 5) is 23.2. The number of benzene rings is 1. The summed E-state index contributed by atoms with van der Waals surface area (Å²) in [5.41, 5.74) is 2.78. The molecule has 1 amide bonds. The number of rotatable bonds is 6. The Morgan fingerprint density at radius 3 is 2.41 bits per heavy atom. The summed E-state index contributed by atoms with van der Waals surface area (Å²) in [5, 5.41) is 19.0. The van der Waals surface area contributed by atoms with Gasteiger partial charge in [-0.05, 0) is 24.0 Å². The van der Waals surface area contributed by atoms with E-state index in [2.05, 4.69) is 15.6 Å². The summed E-state index contributed by atoms with van der Waals surface area (Å²) in [6.07, 6.45) is 2.72. The highest BCUT2D eigenvalue weighted by Gasteiger charge is 2.16. The maximum Gasteiger partial charge on any atom is 0.355 e. The highest BCUT2D eigenvalue weighted by Crippen LogP contribution is 2.22. The second-order valence-corrected chi connectivity index (χ2v) is 4.79. The second-order valence-electron chi connectivity index (χ2n) is 4.79. The molecule has 0 atom stereocenters. The fraction of sp³-hybridized carbons (Fsp3) is 0.333. The average Bonchev–Trinajstić information content (AvgIpc) is 2.95. The zero-order chi connectivity index (χ0) is 16.1. The molecule has 0 aliphatic carbocycles. The van der Waals surface area contributed by atoms with E-state index in [1.54, 1.807) is 0 Å². The molecule has 1 aromatic heterocycles. The number of aromatic nitrogens is 3. The molecule has 0 spiro atoms. The molecular weight excluding hydrogens is 284 g/mol. The van der Waals surface area contributed by atoms with Gasteiger partial charge in [0, 0.05) is 5.69 Å². The highest BCUT2D eigenvalue weighted by atomic mass is 16.4. The Morgan fingerprint density at radius 1 is 1.23 bits per heavy atom. The standard InChI is InChI=1S/C15H18N4O3/c1-3-10-6-5-7-11(4-2)14(10)17-13(20)9-19-12(15(21)22)8-16-18-19/h5-8H,3-4,9H2,1-2H3,(H,17,20)(H,21,22). The molecule has 7 heteroatoms. The first kappa shape index (κ1) is 15.7. The lowest BCUT2D eigenvalue weighted by atomic mass is 10.0. The van der Waals surface area contributed by atoms with Crippen LogP contribution in [-0.2, 0) is 24.2 Å². The van der Waals surface area contributed by atoms with E-state index in [-0.39, 0.29) is 18.1 Å². The van der Waals surface area contributed by atoms with Crippen molar-refractivity contribution >= 4 is 17.6 Å². The van der Waals surface area contributed by atoms with Crippen molar-refractivity contribution in [3.05, 3.63) is 41.2 Å². The number of nitrogens with one attached hydrogen (secondary N) is 1. The van der Waals surface area contributed by atoms with Gasteiger partial charge in [-0.2, -0.15) is 0 Å². The van der Waals surface area contributed by atoms with Crippen LogP contribution in [0.3, 0.4) is 0 Å². The minimum absolute atomic E-state index is 0.116. The molecule has 2 rings (SSSR count). The first-order valence-electron chi connectivity index (χ1n) is 7.09. The molecule has 1 heterocycles. The van der Waals surface area contributed by atoms with Crippen molar-refractivity contribution in [2.45, 2.75) is 33.2 Å². The molecule has 22 heavy (non-hydrogen) atoms.